The summed E-state index contributed by atoms with van der Waals surface area (Å²) in [6.07, 6.45) is 2.10. The second-order valence-corrected chi connectivity index (χ2v) is 5.29. The van der Waals surface area contributed by atoms with Crippen molar-refractivity contribution in [3.63, 3.8) is 0 Å². The Hall–Kier alpha value is -1.33. The minimum absolute atomic E-state index is 0.280. The zero-order valence-electron chi connectivity index (χ0n) is 11.8. The topological polar surface area (TPSA) is 50.4 Å². The van der Waals surface area contributed by atoms with Gasteiger partial charge < -0.3 is 15.4 Å². The van der Waals surface area contributed by atoms with Crippen molar-refractivity contribution in [2.24, 2.45) is 0 Å². The first kappa shape index (κ1) is 16.7. The molecule has 110 valence electrons. The summed E-state index contributed by atoms with van der Waals surface area (Å²) in [6, 6.07) is 5.14. The molecule has 0 aromatic heterocycles. The van der Waals surface area contributed by atoms with Crippen LogP contribution in [-0.2, 0) is 4.74 Å². The molecule has 0 aliphatic heterocycles. The Morgan fingerprint density at radius 1 is 1.50 bits per heavy atom. The number of hydrogen-bond donors (Lipinski definition) is 2. The SMILES string of the molecule is CCC[C@H](C)NC(=S)Nc1cc(C(=O)OC)ccc1Cl. The number of halogens is 1. The molecule has 1 aromatic carbocycles. The molecule has 1 atom stereocenters. The molecule has 4 nitrogen and oxygen atoms in total. The number of methoxy groups -OCH3 is 1. The van der Waals surface area contributed by atoms with Gasteiger partial charge in [0.1, 0.15) is 0 Å². The molecule has 0 aliphatic rings. The molecule has 0 bridgehead atoms. The second kappa shape index (κ2) is 8.07. The van der Waals surface area contributed by atoms with E-state index in [2.05, 4.69) is 29.2 Å². The first-order valence-electron chi connectivity index (χ1n) is 6.43. The van der Waals surface area contributed by atoms with E-state index in [1.165, 1.54) is 7.11 Å². The highest BCUT2D eigenvalue weighted by molar-refractivity contribution is 7.80. The van der Waals surface area contributed by atoms with Gasteiger partial charge in [-0.3, -0.25) is 0 Å². The van der Waals surface area contributed by atoms with E-state index in [0.29, 0.717) is 21.4 Å². The van der Waals surface area contributed by atoms with Crippen LogP contribution >= 0.6 is 23.8 Å². The molecule has 0 spiro atoms. The molecular weight excluding hydrogens is 296 g/mol. The quantitative estimate of drug-likeness (QED) is 0.642. The molecule has 0 fully saturated rings. The maximum Gasteiger partial charge on any atom is 0.337 e. The van der Waals surface area contributed by atoms with Gasteiger partial charge in [-0.2, -0.15) is 0 Å². The van der Waals surface area contributed by atoms with Crippen LogP contribution in [0.4, 0.5) is 5.69 Å². The number of thiocarbonyl (C=S) groups is 1. The highest BCUT2D eigenvalue weighted by atomic mass is 35.5. The van der Waals surface area contributed by atoms with Crippen molar-refractivity contribution in [2.75, 3.05) is 12.4 Å². The molecular formula is C14H19ClN2O2S. The molecule has 0 saturated carbocycles. The van der Waals surface area contributed by atoms with Crippen molar-refractivity contribution in [3.05, 3.63) is 28.8 Å². The van der Waals surface area contributed by atoms with Crippen molar-refractivity contribution < 1.29 is 9.53 Å². The minimum Gasteiger partial charge on any atom is -0.465 e. The van der Waals surface area contributed by atoms with Gasteiger partial charge in [-0.25, -0.2) is 4.79 Å². The van der Waals surface area contributed by atoms with Crippen LogP contribution in [0.5, 0.6) is 0 Å². The molecule has 0 unspecified atom stereocenters. The van der Waals surface area contributed by atoms with Gasteiger partial charge in [0.2, 0.25) is 0 Å². The summed E-state index contributed by atoms with van der Waals surface area (Å²) >= 11 is 11.3. The Balaban J connectivity index is 2.76. The van der Waals surface area contributed by atoms with Gasteiger partial charge in [-0.05, 0) is 43.8 Å². The fourth-order valence-electron chi connectivity index (χ4n) is 1.75. The molecule has 1 rings (SSSR count). The molecule has 20 heavy (non-hydrogen) atoms. The van der Waals surface area contributed by atoms with Gasteiger partial charge >= 0.3 is 5.97 Å². The van der Waals surface area contributed by atoms with Crippen LogP contribution in [0.2, 0.25) is 5.02 Å². The van der Waals surface area contributed by atoms with Crippen LogP contribution in [-0.4, -0.2) is 24.2 Å². The van der Waals surface area contributed by atoms with Crippen LogP contribution in [0.25, 0.3) is 0 Å². The van der Waals surface area contributed by atoms with Crippen molar-refractivity contribution in [3.8, 4) is 0 Å². The van der Waals surface area contributed by atoms with Crippen molar-refractivity contribution >= 4 is 40.6 Å². The molecule has 0 saturated heterocycles. The Kier molecular flexibility index (Phi) is 6.75. The Labute approximate surface area is 129 Å². The van der Waals surface area contributed by atoms with Crippen LogP contribution in [0.1, 0.15) is 37.0 Å². The Bertz CT molecular complexity index is 494. The van der Waals surface area contributed by atoms with Crippen molar-refractivity contribution in [1.29, 1.82) is 0 Å². The molecule has 0 radical (unpaired) electrons. The normalized spacial score (nSPS) is 11.6. The zero-order chi connectivity index (χ0) is 15.1. The summed E-state index contributed by atoms with van der Waals surface area (Å²) in [5.74, 6) is -0.414. The van der Waals surface area contributed by atoms with E-state index >= 15 is 0 Å². The first-order valence-corrected chi connectivity index (χ1v) is 7.22. The van der Waals surface area contributed by atoms with Crippen LogP contribution < -0.4 is 10.6 Å². The lowest BCUT2D eigenvalue weighted by Gasteiger charge is -2.17. The molecule has 6 heteroatoms. The van der Waals surface area contributed by atoms with Crippen molar-refractivity contribution in [1.82, 2.24) is 5.32 Å². The lowest BCUT2D eigenvalue weighted by atomic mass is 10.2. The summed E-state index contributed by atoms with van der Waals surface area (Å²) in [5, 5.41) is 7.14. The van der Waals surface area contributed by atoms with Gasteiger partial charge in [0.25, 0.3) is 0 Å². The average molecular weight is 315 g/mol. The van der Waals surface area contributed by atoms with E-state index in [-0.39, 0.29) is 6.04 Å². The Morgan fingerprint density at radius 3 is 2.80 bits per heavy atom. The minimum atomic E-state index is -0.414. The maximum atomic E-state index is 11.5. The van der Waals surface area contributed by atoms with E-state index in [1.807, 2.05) is 0 Å². The standard InChI is InChI=1S/C14H19ClN2O2S/c1-4-5-9(2)16-14(20)17-12-8-10(13(18)19-3)6-7-11(12)15/h6-9H,4-5H2,1-3H3,(H2,16,17,20)/t9-/m0/s1. The summed E-state index contributed by atoms with van der Waals surface area (Å²) in [6.45, 7) is 4.18. The number of anilines is 1. The summed E-state index contributed by atoms with van der Waals surface area (Å²) < 4.78 is 4.67. The molecule has 0 aliphatic carbocycles. The molecule has 0 heterocycles. The highest BCUT2D eigenvalue weighted by Gasteiger charge is 2.10. The van der Waals surface area contributed by atoms with Gasteiger partial charge in [-0.1, -0.05) is 24.9 Å². The number of rotatable bonds is 5. The van der Waals surface area contributed by atoms with Crippen LogP contribution in [0.3, 0.4) is 0 Å². The monoisotopic (exact) mass is 314 g/mol. The van der Waals surface area contributed by atoms with Crippen LogP contribution in [0, 0.1) is 0 Å². The smallest absolute Gasteiger partial charge is 0.337 e. The highest BCUT2D eigenvalue weighted by Crippen LogP contribution is 2.23. The average Bonchev–Trinajstić information content (AvgIpc) is 2.40. The van der Waals surface area contributed by atoms with E-state index in [1.54, 1.807) is 18.2 Å². The Morgan fingerprint density at radius 2 is 2.20 bits per heavy atom. The van der Waals surface area contributed by atoms with Gasteiger partial charge in [0.05, 0.1) is 23.4 Å². The summed E-state index contributed by atoms with van der Waals surface area (Å²) in [7, 11) is 1.34. The number of nitrogens with one attached hydrogen (secondary N) is 2. The first-order chi connectivity index (χ1) is 9.47. The summed E-state index contributed by atoms with van der Waals surface area (Å²) in [5.41, 5.74) is 1.000. The third-order valence-electron chi connectivity index (χ3n) is 2.73. The lowest BCUT2D eigenvalue weighted by molar-refractivity contribution is 0.0601. The number of ether oxygens (including phenoxy) is 1. The van der Waals surface area contributed by atoms with Gasteiger partial charge in [0.15, 0.2) is 5.11 Å². The summed E-state index contributed by atoms with van der Waals surface area (Å²) in [4.78, 5) is 11.5. The number of hydrogen-bond acceptors (Lipinski definition) is 3. The third kappa shape index (κ3) is 4.98. The molecule has 0 amide bonds. The van der Waals surface area contributed by atoms with Crippen LogP contribution in [0.15, 0.2) is 18.2 Å². The second-order valence-electron chi connectivity index (χ2n) is 4.47. The van der Waals surface area contributed by atoms with Gasteiger partial charge in [0, 0.05) is 6.04 Å². The molecule has 2 N–H and O–H groups in total. The fraction of sp³-hybridized carbons (Fsp3) is 0.429. The molecule has 1 aromatic rings. The maximum absolute atomic E-state index is 11.5. The number of carbonyl (C=O) groups excluding carboxylic acids is 1. The van der Waals surface area contributed by atoms with Gasteiger partial charge in [-0.15, -0.1) is 0 Å². The predicted octanol–water partition coefficient (Wildman–Crippen LogP) is 3.60. The lowest BCUT2D eigenvalue weighted by Crippen LogP contribution is -2.35. The van der Waals surface area contributed by atoms with E-state index < -0.39 is 5.97 Å². The van der Waals surface area contributed by atoms with E-state index in [9.17, 15) is 4.79 Å². The van der Waals surface area contributed by atoms with E-state index in [0.717, 1.165) is 12.8 Å². The predicted molar refractivity (Wildman–Crippen MR) is 86.5 cm³/mol. The number of benzene rings is 1. The third-order valence-corrected chi connectivity index (χ3v) is 3.28. The fourth-order valence-corrected chi connectivity index (χ4v) is 2.23. The van der Waals surface area contributed by atoms with Crippen molar-refractivity contribution in [2.45, 2.75) is 32.7 Å². The van der Waals surface area contributed by atoms with E-state index in [4.69, 9.17) is 23.8 Å². The number of carbonyl (C=O) groups is 1. The zero-order valence-corrected chi connectivity index (χ0v) is 13.4. The number of esters is 1. The largest absolute Gasteiger partial charge is 0.465 e.